The Morgan fingerprint density at radius 2 is 2.00 bits per heavy atom. The smallest absolute Gasteiger partial charge is 0.175 e. The van der Waals surface area contributed by atoms with E-state index in [4.69, 9.17) is 10.5 Å². The molecule has 2 N–H and O–H groups in total. The van der Waals surface area contributed by atoms with Crippen molar-refractivity contribution in [2.75, 3.05) is 19.1 Å². The summed E-state index contributed by atoms with van der Waals surface area (Å²) in [7, 11) is -2.16. The number of benzene rings is 1. The van der Waals surface area contributed by atoms with Crippen molar-refractivity contribution in [2.24, 2.45) is 0 Å². The van der Waals surface area contributed by atoms with E-state index in [-0.39, 0.29) is 16.3 Å². The molecule has 0 unspecified atom stereocenters. The Kier molecular flexibility index (Phi) is 2.66. The van der Waals surface area contributed by atoms with Gasteiger partial charge in [-0.1, -0.05) is 0 Å². The van der Waals surface area contributed by atoms with Crippen molar-refractivity contribution in [3.8, 4) is 5.75 Å². The van der Waals surface area contributed by atoms with Crippen LogP contribution in [0.4, 0.5) is 10.1 Å². The van der Waals surface area contributed by atoms with E-state index in [2.05, 4.69) is 0 Å². The van der Waals surface area contributed by atoms with Crippen LogP contribution in [0.2, 0.25) is 0 Å². The molecule has 0 aliphatic heterocycles. The number of ether oxygens (including phenoxy) is 1. The van der Waals surface area contributed by atoms with Gasteiger partial charge in [0, 0.05) is 12.3 Å². The molecule has 0 atom stereocenters. The molecule has 0 spiro atoms. The summed E-state index contributed by atoms with van der Waals surface area (Å²) in [5, 5.41) is 0. The predicted molar refractivity (Wildman–Crippen MR) is 50.5 cm³/mol. The van der Waals surface area contributed by atoms with E-state index in [1.165, 1.54) is 13.2 Å². The largest absolute Gasteiger partial charge is 0.494 e. The number of hydrogen-bond acceptors (Lipinski definition) is 4. The first-order valence-electron chi connectivity index (χ1n) is 3.69. The fourth-order valence-corrected chi connectivity index (χ4v) is 1.59. The number of methoxy groups -OCH3 is 1. The highest BCUT2D eigenvalue weighted by Gasteiger charge is 2.14. The van der Waals surface area contributed by atoms with Gasteiger partial charge in [-0.15, -0.1) is 0 Å². The molecule has 0 radical (unpaired) electrons. The topological polar surface area (TPSA) is 69.4 Å². The first-order valence-corrected chi connectivity index (χ1v) is 5.58. The van der Waals surface area contributed by atoms with Crippen LogP contribution in [0.15, 0.2) is 17.0 Å². The summed E-state index contributed by atoms with van der Waals surface area (Å²) in [6.07, 6.45) is 0.984. The van der Waals surface area contributed by atoms with Gasteiger partial charge < -0.3 is 10.5 Å². The van der Waals surface area contributed by atoms with Crippen LogP contribution in [-0.2, 0) is 9.84 Å². The number of rotatable bonds is 2. The molecule has 0 bridgehead atoms. The summed E-state index contributed by atoms with van der Waals surface area (Å²) in [5.74, 6) is -0.782. The molecule has 0 heterocycles. The molecular weight excluding hydrogens is 209 g/mol. The summed E-state index contributed by atoms with van der Waals surface area (Å²) < 4.78 is 40.0. The number of halogens is 1. The van der Waals surface area contributed by atoms with Gasteiger partial charge >= 0.3 is 0 Å². The van der Waals surface area contributed by atoms with Crippen LogP contribution in [0.3, 0.4) is 0 Å². The third-order valence-corrected chi connectivity index (χ3v) is 2.81. The van der Waals surface area contributed by atoms with Gasteiger partial charge in [0.05, 0.1) is 12.0 Å². The van der Waals surface area contributed by atoms with Gasteiger partial charge in [-0.3, -0.25) is 0 Å². The van der Waals surface area contributed by atoms with Crippen LogP contribution in [0.1, 0.15) is 0 Å². The minimum Gasteiger partial charge on any atom is -0.494 e. The fourth-order valence-electron chi connectivity index (χ4n) is 0.952. The van der Waals surface area contributed by atoms with Crippen molar-refractivity contribution in [1.82, 2.24) is 0 Å². The molecule has 0 amide bonds. The quantitative estimate of drug-likeness (QED) is 0.747. The van der Waals surface area contributed by atoms with Crippen molar-refractivity contribution < 1.29 is 17.5 Å². The molecule has 0 aliphatic rings. The van der Waals surface area contributed by atoms with Gasteiger partial charge in [-0.05, 0) is 6.07 Å². The molecular formula is C8H10FNO3S. The molecule has 0 aliphatic carbocycles. The van der Waals surface area contributed by atoms with Gasteiger partial charge in [0.25, 0.3) is 0 Å². The monoisotopic (exact) mass is 219 g/mol. The highest BCUT2D eigenvalue weighted by molar-refractivity contribution is 7.90. The van der Waals surface area contributed by atoms with Crippen LogP contribution in [0, 0.1) is 5.82 Å². The molecule has 0 fully saturated rings. The molecule has 0 saturated carbocycles. The molecule has 0 aromatic heterocycles. The molecule has 6 heteroatoms. The third kappa shape index (κ3) is 1.95. The second kappa shape index (κ2) is 3.45. The highest BCUT2D eigenvalue weighted by Crippen LogP contribution is 2.27. The van der Waals surface area contributed by atoms with Crippen molar-refractivity contribution in [2.45, 2.75) is 4.90 Å². The molecule has 4 nitrogen and oxygen atoms in total. The lowest BCUT2D eigenvalue weighted by atomic mass is 10.3. The van der Waals surface area contributed by atoms with Gasteiger partial charge in [0.1, 0.15) is 11.4 Å². The zero-order chi connectivity index (χ0) is 10.9. The summed E-state index contributed by atoms with van der Waals surface area (Å²) in [6.45, 7) is 0. The van der Waals surface area contributed by atoms with Crippen molar-refractivity contribution >= 4 is 15.5 Å². The van der Waals surface area contributed by atoms with Crippen LogP contribution in [0.25, 0.3) is 0 Å². The summed E-state index contributed by atoms with van der Waals surface area (Å²) in [6, 6.07) is 2.06. The Labute approximate surface area is 81.4 Å². The highest BCUT2D eigenvalue weighted by atomic mass is 32.2. The average molecular weight is 219 g/mol. The van der Waals surface area contributed by atoms with E-state index in [0.717, 1.165) is 12.3 Å². The van der Waals surface area contributed by atoms with Crippen LogP contribution >= 0.6 is 0 Å². The Balaban J connectivity index is 3.46. The lowest BCUT2D eigenvalue weighted by Gasteiger charge is -2.07. The van der Waals surface area contributed by atoms with Gasteiger partial charge in [-0.25, -0.2) is 12.8 Å². The second-order valence-electron chi connectivity index (χ2n) is 2.79. The SMILES string of the molecule is COc1cc(S(C)(=O)=O)cc(F)c1N. The van der Waals surface area contributed by atoms with E-state index in [9.17, 15) is 12.8 Å². The fraction of sp³-hybridized carbons (Fsp3) is 0.250. The minimum atomic E-state index is -3.45. The second-order valence-corrected chi connectivity index (χ2v) is 4.81. The molecule has 14 heavy (non-hydrogen) atoms. The molecule has 1 aromatic rings. The summed E-state index contributed by atoms with van der Waals surface area (Å²) >= 11 is 0. The Bertz CT molecular complexity index is 456. The first-order chi connectivity index (χ1) is 6.36. The summed E-state index contributed by atoms with van der Waals surface area (Å²) in [5.41, 5.74) is 5.12. The van der Waals surface area contributed by atoms with Crippen molar-refractivity contribution in [3.63, 3.8) is 0 Å². The number of anilines is 1. The summed E-state index contributed by atoms with van der Waals surface area (Å²) in [4.78, 5) is -0.152. The maximum Gasteiger partial charge on any atom is 0.175 e. The Morgan fingerprint density at radius 1 is 1.43 bits per heavy atom. The van der Waals surface area contributed by atoms with Gasteiger partial charge in [0.15, 0.2) is 15.7 Å². The van der Waals surface area contributed by atoms with E-state index in [0.29, 0.717) is 0 Å². The predicted octanol–water partition coefficient (Wildman–Crippen LogP) is 0.820. The Morgan fingerprint density at radius 3 is 2.43 bits per heavy atom. The Hall–Kier alpha value is -1.30. The number of nitrogen functional groups attached to an aromatic ring is 1. The molecule has 78 valence electrons. The van der Waals surface area contributed by atoms with Crippen LogP contribution in [-0.4, -0.2) is 21.8 Å². The van der Waals surface area contributed by atoms with E-state index >= 15 is 0 Å². The number of sulfone groups is 1. The van der Waals surface area contributed by atoms with Gasteiger partial charge in [0.2, 0.25) is 0 Å². The average Bonchev–Trinajstić information content (AvgIpc) is 2.07. The maximum absolute atomic E-state index is 13.1. The van der Waals surface area contributed by atoms with Crippen molar-refractivity contribution in [3.05, 3.63) is 17.9 Å². The van der Waals surface area contributed by atoms with Crippen LogP contribution in [0.5, 0.6) is 5.75 Å². The number of nitrogens with two attached hydrogens (primary N) is 1. The zero-order valence-electron chi connectivity index (χ0n) is 7.74. The normalized spacial score (nSPS) is 11.4. The first kappa shape index (κ1) is 10.8. The molecule has 1 rings (SSSR count). The van der Waals surface area contributed by atoms with E-state index in [1.807, 2.05) is 0 Å². The maximum atomic E-state index is 13.1. The lowest BCUT2D eigenvalue weighted by molar-refractivity contribution is 0.412. The zero-order valence-corrected chi connectivity index (χ0v) is 8.56. The van der Waals surface area contributed by atoms with Crippen molar-refractivity contribution in [1.29, 1.82) is 0 Å². The molecule has 1 aromatic carbocycles. The number of hydrogen-bond donors (Lipinski definition) is 1. The standard InChI is InChI=1S/C8H10FNO3S/c1-13-7-4-5(14(2,11)12)3-6(9)8(7)10/h3-4H,10H2,1-2H3. The minimum absolute atomic E-state index is 0.0189. The third-order valence-electron chi connectivity index (χ3n) is 1.71. The molecule has 0 saturated heterocycles. The van der Waals surface area contributed by atoms with E-state index < -0.39 is 15.7 Å². The lowest BCUT2D eigenvalue weighted by Crippen LogP contribution is -2.02. The van der Waals surface area contributed by atoms with E-state index in [1.54, 1.807) is 0 Å². The van der Waals surface area contributed by atoms with Gasteiger partial charge in [-0.2, -0.15) is 0 Å². The van der Waals surface area contributed by atoms with Crippen LogP contribution < -0.4 is 10.5 Å².